The molecular weight excluding hydrogens is 155 g/mol. The van der Waals surface area contributed by atoms with Gasteiger partial charge in [0.05, 0.1) is 19.2 Å². The van der Waals surface area contributed by atoms with Crippen LogP contribution in [0.4, 0.5) is 0 Å². The van der Waals surface area contributed by atoms with Gasteiger partial charge < -0.3 is 19.7 Å². The summed E-state index contributed by atoms with van der Waals surface area (Å²) in [6.45, 7) is 3.03. The van der Waals surface area contributed by atoms with Crippen molar-refractivity contribution in [3.8, 4) is 0 Å². The van der Waals surface area contributed by atoms with E-state index in [9.17, 15) is 15.0 Å². The fraction of sp³-hybridized carbons (Fsp3) is 0.857. The smallest absolute Gasteiger partial charge is 0.549 e. The summed E-state index contributed by atoms with van der Waals surface area (Å²) in [4.78, 5) is 10.5. The van der Waals surface area contributed by atoms with Crippen LogP contribution in [0.3, 0.4) is 0 Å². The number of aliphatic hydroxyl groups is 1. The number of carboxylic acids is 1. The van der Waals surface area contributed by atoms with Gasteiger partial charge in [0.2, 0.25) is 0 Å². The molecule has 0 aromatic carbocycles. The Morgan fingerprint density at radius 3 is 2.08 bits per heavy atom. The van der Waals surface area contributed by atoms with Crippen molar-refractivity contribution in [3.63, 3.8) is 0 Å². The second-order valence-corrected chi connectivity index (χ2v) is 3.44. The number of hydrogen-bond donors (Lipinski definition) is 1. The molecular formula is C7H11LiO4. The largest absolute Gasteiger partial charge is 1.00 e. The monoisotopic (exact) mass is 166 g/mol. The summed E-state index contributed by atoms with van der Waals surface area (Å²) in [7, 11) is 0. The van der Waals surface area contributed by atoms with Crippen molar-refractivity contribution in [2.45, 2.75) is 19.4 Å². The Hall–Kier alpha value is -0.0126. The molecule has 1 N–H and O–H groups in total. The van der Waals surface area contributed by atoms with Crippen LogP contribution in [0.1, 0.15) is 13.8 Å². The van der Waals surface area contributed by atoms with Gasteiger partial charge >= 0.3 is 18.9 Å². The number of ether oxygens (including phenoxy) is 1. The Kier molecular flexibility index (Phi) is 3.38. The fourth-order valence-corrected chi connectivity index (χ4v) is 0.846. The Morgan fingerprint density at radius 2 is 2.00 bits per heavy atom. The Balaban J connectivity index is 0.00000121. The predicted octanol–water partition coefficient (Wildman–Crippen LogP) is -4.47. The summed E-state index contributed by atoms with van der Waals surface area (Å²) >= 11 is 0. The summed E-state index contributed by atoms with van der Waals surface area (Å²) in [5.41, 5.74) is -2.48. The van der Waals surface area contributed by atoms with Gasteiger partial charge in [-0.2, -0.15) is 0 Å². The molecule has 0 amide bonds. The van der Waals surface area contributed by atoms with E-state index in [-0.39, 0.29) is 32.1 Å². The summed E-state index contributed by atoms with van der Waals surface area (Å²) in [5.74, 6) is -1.25. The van der Waals surface area contributed by atoms with Gasteiger partial charge in [0.1, 0.15) is 5.60 Å². The van der Waals surface area contributed by atoms with Crippen molar-refractivity contribution >= 4 is 5.97 Å². The van der Waals surface area contributed by atoms with Crippen LogP contribution < -0.4 is 24.0 Å². The average Bonchev–Trinajstić information content (AvgIpc) is 1.82. The number of aliphatic carboxylic acids is 1. The third kappa shape index (κ3) is 1.53. The molecule has 12 heavy (non-hydrogen) atoms. The normalized spacial score (nSPS) is 20.6. The third-order valence-corrected chi connectivity index (χ3v) is 2.36. The van der Waals surface area contributed by atoms with Gasteiger partial charge in [-0.05, 0) is 0 Å². The number of rotatable bonds is 2. The number of carbonyl (C=O) groups is 1. The maximum atomic E-state index is 10.5. The van der Waals surface area contributed by atoms with Crippen LogP contribution in [0.2, 0.25) is 0 Å². The third-order valence-electron chi connectivity index (χ3n) is 2.36. The maximum absolute atomic E-state index is 10.5. The van der Waals surface area contributed by atoms with Crippen molar-refractivity contribution < 1.29 is 38.6 Å². The first-order valence-corrected chi connectivity index (χ1v) is 3.42. The van der Waals surface area contributed by atoms with E-state index < -0.39 is 17.0 Å². The van der Waals surface area contributed by atoms with E-state index in [1.807, 2.05) is 0 Å². The van der Waals surface area contributed by atoms with Crippen LogP contribution in [0, 0.1) is 5.41 Å². The van der Waals surface area contributed by atoms with Crippen molar-refractivity contribution in [1.82, 2.24) is 0 Å². The van der Waals surface area contributed by atoms with Gasteiger partial charge in [0.25, 0.3) is 0 Å². The first kappa shape index (κ1) is 12.0. The van der Waals surface area contributed by atoms with Crippen molar-refractivity contribution in [3.05, 3.63) is 0 Å². The van der Waals surface area contributed by atoms with Gasteiger partial charge in [0.15, 0.2) is 0 Å². The number of carbonyl (C=O) groups excluding carboxylic acids is 1. The molecule has 0 bridgehead atoms. The SMILES string of the molecule is CC(C)(C(=O)[O-])C1(O)COC1.[Li+]. The average molecular weight is 166 g/mol. The first-order valence-electron chi connectivity index (χ1n) is 3.42. The van der Waals surface area contributed by atoms with Crippen molar-refractivity contribution in [2.75, 3.05) is 13.2 Å². The van der Waals surface area contributed by atoms with E-state index in [0.29, 0.717) is 0 Å². The minimum absolute atomic E-state index is 0. The molecule has 1 rings (SSSR count). The summed E-state index contributed by atoms with van der Waals surface area (Å²) in [6, 6.07) is 0. The first-order chi connectivity index (χ1) is 4.90. The van der Waals surface area contributed by atoms with Crippen LogP contribution in [0.15, 0.2) is 0 Å². The summed E-state index contributed by atoms with van der Waals surface area (Å²) in [6.07, 6.45) is 0. The zero-order valence-corrected chi connectivity index (χ0v) is 7.59. The van der Waals surface area contributed by atoms with Crippen molar-refractivity contribution in [1.29, 1.82) is 0 Å². The molecule has 1 aliphatic heterocycles. The molecule has 64 valence electrons. The van der Waals surface area contributed by atoms with Gasteiger partial charge in [-0.1, -0.05) is 13.8 Å². The summed E-state index contributed by atoms with van der Waals surface area (Å²) < 4.78 is 4.73. The molecule has 1 heterocycles. The summed E-state index contributed by atoms with van der Waals surface area (Å²) in [5, 5.41) is 20.1. The van der Waals surface area contributed by atoms with Gasteiger partial charge in [-0.15, -0.1) is 0 Å². The van der Waals surface area contributed by atoms with Crippen LogP contribution in [-0.2, 0) is 9.53 Å². The fourth-order valence-electron chi connectivity index (χ4n) is 0.846. The molecule has 0 aromatic rings. The Bertz CT molecular complexity index is 186. The number of hydrogen-bond acceptors (Lipinski definition) is 4. The van der Waals surface area contributed by atoms with E-state index in [0.717, 1.165) is 0 Å². The molecule has 0 spiro atoms. The van der Waals surface area contributed by atoms with Crippen LogP contribution >= 0.6 is 0 Å². The molecule has 4 nitrogen and oxygen atoms in total. The minimum atomic E-state index is -1.25. The Morgan fingerprint density at radius 1 is 1.58 bits per heavy atom. The Labute approximate surface area is 83.1 Å². The van der Waals surface area contributed by atoms with Crippen LogP contribution in [0.25, 0.3) is 0 Å². The van der Waals surface area contributed by atoms with Gasteiger partial charge in [0, 0.05) is 5.41 Å². The second kappa shape index (κ2) is 3.39. The molecule has 0 unspecified atom stereocenters. The van der Waals surface area contributed by atoms with Crippen LogP contribution in [0.5, 0.6) is 0 Å². The molecule has 0 aromatic heterocycles. The molecule has 0 saturated carbocycles. The molecule has 0 atom stereocenters. The van der Waals surface area contributed by atoms with Crippen LogP contribution in [-0.4, -0.2) is 29.9 Å². The topological polar surface area (TPSA) is 69.6 Å². The quantitative estimate of drug-likeness (QED) is 0.420. The zero-order valence-electron chi connectivity index (χ0n) is 7.59. The molecule has 0 radical (unpaired) electrons. The van der Waals surface area contributed by atoms with E-state index >= 15 is 0 Å². The molecule has 1 saturated heterocycles. The molecule has 5 heteroatoms. The maximum Gasteiger partial charge on any atom is 1.00 e. The van der Waals surface area contributed by atoms with E-state index in [2.05, 4.69) is 0 Å². The minimum Gasteiger partial charge on any atom is -0.549 e. The van der Waals surface area contributed by atoms with Gasteiger partial charge in [-0.25, -0.2) is 0 Å². The van der Waals surface area contributed by atoms with E-state index in [4.69, 9.17) is 4.74 Å². The molecule has 0 aliphatic carbocycles. The van der Waals surface area contributed by atoms with Crippen molar-refractivity contribution in [2.24, 2.45) is 5.41 Å². The molecule has 1 fully saturated rings. The van der Waals surface area contributed by atoms with Gasteiger partial charge in [-0.3, -0.25) is 0 Å². The van der Waals surface area contributed by atoms with E-state index in [1.54, 1.807) is 0 Å². The molecule has 1 aliphatic rings. The zero-order chi connectivity index (χ0) is 8.70. The number of carboxylic acid groups (broad SMARTS) is 1. The predicted molar refractivity (Wildman–Crippen MR) is 34.6 cm³/mol. The van der Waals surface area contributed by atoms with E-state index in [1.165, 1.54) is 13.8 Å². The standard InChI is InChI=1S/C7H12O4.Li/c1-6(2,5(8)9)7(10)3-11-4-7;/h10H,3-4H2,1-2H3,(H,8,9);/q;+1/p-1. The second-order valence-electron chi connectivity index (χ2n) is 3.44.